The lowest BCUT2D eigenvalue weighted by molar-refractivity contribution is 0.225. The number of rotatable bonds is 7. The fourth-order valence-electron chi connectivity index (χ4n) is 6.07. The van der Waals surface area contributed by atoms with E-state index in [1.807, 2.05) is 6.92 Å². The highest BCUT2D eigenvalue weighted by Crippen LogP contribution is 2.38. The van der Waals surface area contributed by atoms with Gasteiger partial charge in [0.25, 0.3) is 8.32 Å². The summed E-state index contributed by atoms with van der Waals surface area (Å²) in [7, 11) is -2.60. The minimum absolute atomic E-state index is 0.0573. The molecule has 0 amide bonds. The predicted molar refractivity (Wildman–Crippen MR) is 161 cm³/mol. The van der Waals surface area contributed by atoms with Gasteiger partial charge in [0.1, 0.15) is 0 Å². The molecule has 0 fully saturated rings. The summed E-state index contributed by atoms with van der Waals surface area (Å²) >= 11 is 0. The number of benzene rings is 3. The van der Waals surface area contributed by atoms with E-state index in [0.29, 0.717) is 6.61 Å². The Hall–Kier alpha value is -3.05. The van der Waals surface area contributed by atoms with Gasteiger partial charge in [-0.25, -0.2) is 4.98 Å². The highest BCUT2D eigenvalue weighted by Gasteiger charge is 2.50. The van der Waals surface area contributed by atoms with E-state index in [-0.39, 0.29) is 5.04 Å². The van der Waals surface area contributed by atoms with Crippen LogP contribution in [0, 0.1) is 0 Å². The number of aliphatic hydroxyl groups is 1. The summed E-state index contributed by atoms with van der Waals surface area (Å²) in [5, 5.41) is 14.0. The van der Waals surface area contributed by atoms with Gasteiger partial charge >= 0.3 is 0 Å². The third kappa shape index (κ3) is 5.13. The minimum atomic E-state index is -2.60. The van der Waals surface area contributed by atoms with E-state index in [1.54, 1.807) is 0 Å². The molecule has 3 aromatic carbocycles. The van der Waals surface area contributed by atoms with Crippen LogP contribution < -0.4 is 10.4 Å². The van der Waals surface area contributed by atoms with Gasteiger partial charge in [-0.3, -0.25) is 0 Å². The highest BCUT2D eigenvalue weighted by molar-refractivity contribution is 6.99. The van der Waals surface area contributed by atoms with Crippen molar-refractivity contribution in [2.24, 2.45) is 0 Å². The molecule has 0 radical (unpaired) electrons. The van der Waals surface area contributed by atoms with E-state index in [0.717, 1.165) is 53.4 Å². The summed E-state index contributed by atoms with van der Waals surface area (Å²) in [6.07, 6.45) is 3.84. The molecule has 0 saturated carbocycles. The molecule has 4 aromatic rings. The number of pyridine rings is 1. The van der Waals surface area contributed by atoms with Crippen molar-refractivity contribution in [3.63, 3.8) is 0 Å². The van der Waals surface area contributed by atoms with Crippen LogP contribution in [-0.2, 0) is 11.0 Å². The molecular weight excluding hydrogens is 482 g/mol. The number of fused-ring (bicyclic) bond motifs is 1. The molecule has 196 valence electrons. The highest BCUT2D eigenvalue weighted by atomic mass is 28.4. The second-order valence-electron chi connectivity index (χ2n) is 11.6. The molecule has 1 aliphatic rings. The van der Waals surface area contributed by atoms with E-state index in [9.17, 15) is 5.11 Å². The van der Waals surface area contributed by atoms with Gasteiger partial charge in [0.15, 0.2) is 0 Å². The SMILES string of the molecule is CC(O)C1=C(c2ccc3cc(CO[Si](c4ccccc4)(c4ccccc4)C(C)(C)C)ccc3n2)CCCC1. The van der Waals surface area contributed by atoms with E-state index >= 15 is 0 Å². The lowest BCUT2D eigenvalue weighted by Gasteiger charge is -2.43. The van der Waals surface area contributed by atoms with Crippen molar-refractivity contribution < 1.29 is 9.53 Å². The number of aromatic nitrogens is 1. The molecular formula is C34H39NO2Si. The van der Waals surface area contributed by atoms with Gasteiger partial charge in [0, 0.05) is 5.39 Å². The van der Waals surface area contributed by atoms with Crippen LogP contribution in [0.1, 0.15) is 64.6 Å². The van der Waals surface area contributed by atoms with Crippen LogP contribution in [-0.4, -0.2) is 24.5 Å². The zero-order chi connectivity index (χ0) is 26.8. The summed E-state index contributed by atoms with van der Waals surface area (Å²) in [4.78, 5) is 5.01. The van der Waals surface area contributed by atoms with Gasteiger partial charge < -0.3 is 9.53 Å². The largest absolute Gasteiger partial charge is 0.403 e. The number of hydrogen-bond donors (Lipinski definition) is 1. The van der Waals surface area contributed by atoms with Crippen molar-refractivity contribution in [3.05, 3.63) is 108 Å². The molecule has 3 nitrogen and oxygen atoms in total. The summed E-state index contributed by atoms with van der Waals surface area (Å²) < 4.78 is 7.14. The van der Waals surface area contributed by atoms with Gasteiger partial charge in [0.05, 0.1) is 23.9 Å². The fourth-order valence-corrected chi connectivity index (χ4v) is 10.6. The van der Waals surface area contributed by atoms with Crippen LogP contribution in [0.3, 0.4) is 0 Å². The Morgan fingerprint density at radius 2 is 1.47 bits per heavy atom. The summed E-state index contributed by atoms with van der Waals surface area (Å²) in [5.41, 5.74) is 5.52. The first-order chi connectivity index (χ1) is 18.3. The van der Waals surface area contributed by atoms with E-state index in [1.165, 1.54) is 15.9 Å². The van der Waals surface area contributed by atoms with Crippen molar-refractivity contribution in [3.8, 4) is 0 Å². The molecule has 1 heterocycles. The molecule has 1 unspecified atom stereocenters. The van der Waals surface area contributed by atoms with Crippen LogP contribution in [0.2, 0.25) is 5.04 Å². The first kappa shape index (κ1) is 26.5. The molecule has 5 rings (SSSR count). The van der Waals surface area contributed by atoms with Crippen molar-refractivity contribution in [1.82, 2.24) is 4.98 Å². The number of nitrogens with zero attached hydrogens (tertiary/aromatic N) is 1. The van der Waals surface area contributed by atoms with Crippen LogP contribution in [0.5, 0.6) is 0 Å². The average molecular weight is 522 g/mol. The zero-order valence-electron chi connectivity index (χ0n) is 23.1. The van der Waals surface area contributed by atoms with Crippen molar-refractivity contribution >= 4 is 35.2 Å². The lowest BCUT2D eigenvalue weighted by atomic mass is 9.87. The maximum absolute atomic E-state index is 10.3. The normalized spacial score (nSPS) is 15.6. The zero-order valence-corrected chi connectivity index (χ0v) is 24.1. The molecule has 1 N–H and O–H groups in total. The second-order valence-corrected chi connectivity index (χ2v) is 15.9. The number of allylic oxidation sites excluding steroid dienone is 1. The quantitative estimate of drug-likeness (QED) is 0.266. The maximum Gasteiger partial charge on any atom is 0.261 e. The lowest BCUT2D eigenvalue weighted by Crippen LogP contribution is -2.66. The van der Waals surface area contributed by atoms with E-state index in [2.05, 4.69) is 112 Å². The van der Waals surface area contributed by atoms with Gasteiger partial charge in [0.2, 0.25) is 0 Å². The Morgan fingerprint density at radius 1 is 0.842 bits per heavy atom. The Balaban J connectivity index is 1.49. The van der Waals surface area contributed by atoms with Gasteiger partial charge in [-0.1, -0.05) is 93.6 Å². The Kier molecular flexibility index (Phi) is 7.67. The molecule has 0 bridgehead atoms. The fraction of sp³-hybridized carbons (Fsp3) is 0.324. The van der Waals surface area contributed by atoms with Crippen LogP contribution in [0.25, 0.3) is 16.5 Å². The third-order valence-electron chi connectivity index (χ3n) is 7.95. The molecule has 0 spiro atoms. The second kappa shape index (κ2) is 11.0. The summed E-state index contributed by atoms with van der Waals surface area (Å²) in [6, 6.07) is 32.4. The maximum atomic E-state index is 10.3. The first-order valence-corrected chi connectivity index (χ1v) is 15.8. The van der Waals surface area contributed by atoms with E-state index in [4.69, 9.17) is 9.41 Å². The average Bonchev–Trinajstić information content (AvgIpc) is 2.93. The minimum Gasteiger partial charge on any atom is -0.403 e. The smallest absolute Gasteiger partial charge is 0.261 e. The van der Waals surface area contributed by atoms with Crippen LogP contribution in [0.4, 0.5) is 0 Å². The monoisotopic (exact) mass is 521 g/mol. The Labute approximate surface area is 228 Å². The Morgan fingerprint density at radius 3 is 2.08 bits per heavy atom. The number of aliphatic hydroxyl groups excluding tert-OH is 1. The summed E-state index contributed by atoms with van der Waals surface area (Å²) in [5.74, 6) is 0. The molecule has 1 aliphatic carbocycles. The van der Waals surface area contributed by atoms with Crippen molar-refractivity contribution in [1.29, 1.82) is 0 Å². The molecule has 38 heavy (non-hydrogen) atoms. The van der Waals surface area contributed by atoms with Crippen LogP contribution in [0.15, 0.2) is 96.6 Å². The van der Waals surface area contributed by atoms with Gasteiger partial charge in [-0.15, -0.1) is 0 Å². The molecule has 0 saturated heterocycles. The van der Waals surface area contributed by atoms with Gasteiger partial charge in [-0.2, -0.15) is 0 Å². The Bertz CT molecular complexity index is 1380. The predicted octanol–water partition coefficient (Wildman–Crippen LogP) is 7.02. The van der Waals surface area contributed by atoms with Gasteiger partial charge in [-0.05, 0) is 82.9 Å². The van der Waals surface area contributed by atoms with Crippen molar-refractivity contribution in [2.45, 2.75) is 71.1 Å². The third-order valence-corrected chi connectivity index (χ3v) is 12.9. The molecule has 1 aromatic heterocycles. The topological polar surface area (TPSA) is 42.4 Å². The molecule has 4 heteroatoms. The number of hydrogen-bond acceptors (Lipinski definition) is 3. The first-order valence-electron chi connectivity index (χ1n) is 13.8. The molecule has 0 aliphatic heterocycles. The van der Waals surface area contributed by atoms with E-state index < -0.39 is 14.4 Å². The molecule has 1 atom stereocenters. The van der Waals surface area contributed by atoms with Crippen LogP contribution >= 0.6 is 0 Å². The standard InChI is InChI=1S/C34H39NO2Si/c1-25(36)30-17-11-12-18-31(30)33-22-20-27-23-26(19-21-32(27)35-33)24-37-38(34(2,3)4,28-13-7-5-8-14-28)29-15-9-6-10-16-29/h5-10,13-16,19-23,25,36H,11-12,17-18,24H2,1-4H3. The van der Waals surface area contributed by atoms with Crippen molar-refractivity contribution in [2.75, 3.05) is 0 Å². The summed E-state index contributed by atoms with van der Waals surface area (Å²) in [6.45, 7) is 9.35.